The number of hydrogen-bond donors (Lipinski definition) is 3. The maximum atomic E-state index is 10.9. The monoisotopic (exact) mass is 296 g/mol. The summed E-state index contributed by atoms with van der Waals surface area (Å²) in [5.74, 6) is -0.195. The van der Waals surface area contributed by atoms with Crippen LogP contribution in [0, 0.1) is 0 Å². The number of carbonyl (C=O) groups is 3. The number of carboxylic acids is 1. The Hall–Kier alpha value is -2.02. The highest BCUT2D eigenvalue weighted by Gasteiger charge is 2.15. The minimum absolute atomic E-state index is 0.359. The van der Waals surface area contributed by atoms with E-state index in [0.29, 0.717) is 29.9 Å². The van der Waals surface area contributed by atoms with Gasteiger partial charge in [0.25, 0.3) is 0 Å². The summed E-state index contributed by atoms with van der Waals surface area (Å²) in [5.41, 5.74) is 6.62. The summed E-state index contributed by atoms with van der Waals surface area (Å²) in [6.07, 6.45) is 0.754. The first-order valence-corrected chi connectivity index (χ1v) is 7.09. The van der Waals surface area contributed by atoms with E-state index in [2.05, 4.69) is 5.32 Å². The first-order valence-electron chi connectivity index (χ1n) is 5.93. The number of benzene rings is 1. The van der Waals surface area contributed by atoms with E-state index in [0.717, 1.165) is 5.56 Å². The van der Waals surface area contributed by atoms with Crippen molar-refractivity contribution in [2.45, 2.75) is 18.2 Å². The van der Waals surface area contributed by atoms with E-state index in [1.54, 1.807) is 23.9 Å². The summed E-state index contributed by atoms with van der Waals surface area (Å²) in [4.78, 5) is 31.9. The highest BCUT2D eigenvalue weighted by Crippen LogP contribution is 2.14. The van der Waals surface area contributed by atoms with Gasteiger partial charge in [0.05, 0.1) is 0 Å². The number of nitrogens with one attached hydrogen (secondary N) is 1. The van der Waals surface area contributed by atoms with E-state index in [4.69, 9.17) is 10.8 Å². The third-order valence-electron chi connectivity index (χ3n) is 2.63. The molecule has 0 aliphatic carbocycles. The number of rotatable bonds is 9. The van der Waals surface area contributed by atoms with Gasteiger partial charge in [-0.2, -0.15) is 11.8 Å². The molecule has 0 saturated carbocycles. The van der Waals surface area contributed by atoms with Crippen LogP contribution in [0.2, 0.25) is 0 Å². The molecule has 1 unspecified atom stereocenters. The van der Waals surface area contributed by atoms with Crippen molar-refractivity contribution >= 4 is 30.0 Å². The van der Waals surface area contributed by atoms with E-state index in [-0.39, 0.29) is 0 Å². The molecule has 0 aromatic heterocycles. The summed E-state index contributed by atoms with van der Waals surface area (Å²) in [6, 6.07) is 6.09. The molecule has 1 aromatic rings. The lowest BCUT2D eigenvalue weighted by molar-refractivity contribution is -0.140. The molecule has 0 saturated heterocycles. The fourth-order valence-electron chi connectivity index (χ4n) is 1.52. The molecule has 1 rings (SSSR count). The Balaban J connectivity index is 2.35. The van der Waals surface area contributed by atoms with E-state index >= 15 is 0 Å². The van der Waals surface area contributed by atoms with Gasteiger partial charge in [0.1, 0.15) is 6.04 Å². The normalized spacial score (nSPS) is 11.6. The van der Waals surface area contributed by atoms with Crippen LogP contribution in [0.4, 0.5) is 0 Å². The Morgan fingerprint density at radius 3 is 2.50 bits per heavy atom. The lowest BCUT2D eigenvalue weighted by atomic mass is 10.1. The summed E-state index contributed by atoms with van der Waals surface area (Å²) < 4.78 is 0. The third-order valence-corrected chi connectivity index (χ3v) is 3.69. The van der Waals surface area contributed by atoms with Crippen molar-refractivity contribution in [1.29, 1.82) is 0 Å². The molecule has 4 N–H and O–H groups in total. The molecular weight excluding hydrogens is 280 g/mol. The predicted octanol–water partition coefficient (Wildman–Crippen LogP) is 0.608. The van der Waals surface area contributed by atoms with E-state index in [1.165, 1.54) is 0 Å². The number of carboxylic acid groups (broad SMARTS) is 1. The summed E-state index contributed by atoms with van der Waals surface area (Å²) in [5, 5.41) is 11.1. The fraction of sp³-hybridized carbons (Fsp3) is 0.308. The van der Waals surface area contributed by atoms with Crippen LogP contribution in [0.15, 0.2) is 24.3 Å². The number of primary amides is 1. The van der Waals surface area contributed by atoms with Gasteiger partial charge in [0.2, 0.25) is 12.3 Å². The molecule has 1 atom stereocenters. The zero-order valence-electron chi connectivity index (χ0n) is 10.7. The van der Waals surface area contributed by atoms with Crippen LogP contribution < -0.4 is 11.1 Å². The smallest absolute Gasteiger partial charge is 0.326 e. The molecule has 0 aliphatic heterocycles. The van der Waals surface area contributed by atoms with Gasteiger partial charge in [0.15, 0.2) is 0 Å². The Bertz CT molecular complexity index is 476. The average molecular weight is 296 g/mol. The second-order valence-corrected chi connectivity index (χ2v) is 5.18. The lowest BCUT2D eigenvalue weighted by Gasteiger charge is -2.10. The highest BCUT2D eigenvalue weighted by atomic mass is 32.2. The Labute approximate surface area is 120 Å². The second-order valence-electron chi connectivity index (χ2n) is 4.08. The predicted molar refractivity (Wildman–Crippen MR) is 76.4 cm³/mol. The minimum Gasteiger partial charge on any atom is -0.480 e. The van der Waals surface area contributed by atoms with Gasteiger partial charge >= 0.3 is 5.97 Å². The van der Waals surface area contributed by atoms with Crippen LogP contribution in [0.1, 0.15) is 22.3 Å². The maximum Gasteiger partial charge on any atom is 0.326 e. The largest absolute Gasteiger partial charge is 0.480 e. The first kappa shape index (κ1) is 16.0. The lowest BCUT2D eigenvalue weighted by Crippen LogP contribution is -2.36. The first-order chi connectivity index (χ1) is 9.54. The van der Waals surface area contributed by atoms with Crippen molar-refractivity contribution in [1.82, 2.24) is 5.32 Å². The van der Waals surface area contributed by atoms with Gasteiger partial charge in [0, 0.05) is 11.3 Å². The van der Waals surface area contributed by atoms with Crippen LogP contribution in [-0.4, -0.2) is 35.2 Å². The maximum absolute atomic E-state index is 10.9. The number of aliphatic carboxylic acids is 1. The van der Waals surface area contributed by atoms with Gasteiger partial charge in [-0.25, -0.2) is 4.79 Å². The van der Waals surface area contributed by atoms with Crippen LogP contribution in [0.5, 0.6) is 0 Å². The zero-order valence-corrected chi connectivity index (χ0v) is 11.6. The highest BCUT2D eigenvalue weighted by molar-refractivity contribution is 7.98. The quantitative estimate of drug-likeness (QED) is 0.457. The molecule has 0 fully saturated rings. The van der Waals surface area contributed by atoms with E-state index in [9.17, 15) is 14.4 Å². The molecule has 20 heavy (non-hydrogen) atoms. The molecule has 0 heterocycles. The Morgan fingerprint density at radius 1 is 1.35 bits per heavy atom. The molecule has 7 heteroatoms. The topological polar surface area (TPSA) is 109 Å². The average Bonchev–Trinajstić information content (AvgIpc) is 2.42. The fourth-order valence-corrected chi connectivity index (χ4v) is 2.49. The molecule has 108 valence electrons. The van der Waals surface area contributed by atoms with E-state index in [1.807, 2.05) is 12.1 Å². The number of amides is 2. The molecular formula is C13H16N2O4S. The minimum atomic E-state index is -1.04. The van der Waals surface area contributed by atoms with Crippen molar-refractivity contribution in [3.63, 3.8) is 0 Å². The number of hydrogen-bond acceptors (Lipinski definition) is 4. The number of carbonyl (C=O) groups excluding carboxylic acids is 2. The molecule has 0 radical (unpaired) electrons. The van der Waals surface area contributed by atoms with Gasteiger partial charge in [-0.1, -0.05) is 12.1 Å². The van der Waals surface area contributed by atoms with Crippen molar-refractivity contribution in [2.24, 2.45) is 5.73 Å². The van der Waals surface area contributed by atoms with Crippen molar-refractivity contribution in [3.8, 4) is 0 Å². The molecule has 0 bridgehead atoms. The number of thioether (sulfide) groups is 1. The molecule has 1 aromatic carbocycles. The van der Waals surface area contributed by atoms with E-state index < -0.39 is 17.9 Å². The summed E-state index contributed by atoms with van der Waals surface area (Å²) in [7, 11) is 0. The van der Waals surface area contributed by atoms with Crippen molar-refractivity contribution < 1.29 is 19.5 Å². The molecule has 0 spiro atoms. The molecule has 0 aliphatic rings. The summed E-state index contributed by atoms with van der Waals surface area (Å²) >= 11 is 1.56. The number of nitrogens with two attached hydrogens (primary N) is 1. The van der Waals surface area contributed by atoms with Gasteiger partial charge in [-0.05, 0) is 29.9 Å². The Morgan fingerprint density at radius 2 is 2.00 bits per heavy atom. The van der Waals surface area contributed by atoms with Crippen LogP contribution in [0.25, 0.3) is 0 Å². The third kappa shape index (κ3) is 5.31. The van der Waals surface area contributed by atoms with Crippen LogP contribution in [0.3, 0.4) is 0 Å². The standard InChI is InChI=1S/C13H16N2O4S/c14-12(17)10-3-1-9(2-4-10)7-20-6-5-11(13(18)19)15-8-16/h1-4,8,11H,5-7H2,(H2,14,17)(H,15,16)(H,18,19). The SMILES string of the molecule is NC(=O)c1ccc(CSCCC(NC=O)C(=O)O)cc1. The van der Waals surface area contributed by atoms with Crippen LogP contribution in [-0.2, 0) is 15.3 Å². The van der Waals surface area contributed by atoms with Crippen molar-refractivity contribution in [3.05, 3.63) is 35.4 Å². The Kier molecular flexibility index (Phi) is 6.58. The molecule has 2 amide bonds. The van der Waals surface area contributed by atoms with Gasteiger partial charge in [-0.15, -0.1) is 0 Å². The second kappa shape index (κ2) is 8.21. The summed E-state index contributed by atoms with van der Waals surface area (Å²) in [6.45, 7) is 0. The van der Waals surface area contributed by atoms with Crippen LogP contribution >= 0.6 is 11.8 Å². The van der Waals surface area contributed by atoms with Crippen molar-refractivity contribution in [2.75, 3.05) is 5.75 Å². The van der Waals surface area contributed by atoms with Gasteiger partial charge < -0.3 is 16.2 Å². The molecule has 6 nitrogen and oxygen atoms in total. The van der Waals surface area contributed by atoms with Gasteiger partial charge in [-0.3, -0.25) is 9.59 Å². The zero-order chi connectivity index (χ0) is 15.0.